The number of azo groups is 1. The largest absolute Gasteiger partial charge is 0.465 e. The molecule has 1 unspecified atom stereocenters. The lowest BCUT2D eigenvalue weighted by Gasteiger charge is -2.10. The number of nitrogen functional groups attached to an aromatic ring is 2. The van der Waals surface area contributed by atoms with Crippen molar-refractivity contribution in [3.8, 4) is 5.75 Å². The lowest BCUT2D eigenvalue weighted by Crippen LogP contribution is -2.00. The number of benzene rings is 1. The van der Waals surface area contributed by atoms with E-state index in [0.717, 1.165) is 6.66 Å². The summed E-state index contributed by atoms with van der Waals surface area (Å²) in [7, 11) is -3.61. The average molecular weight is 337 g/mol. The number of para-hydroxylation sites is 1. The molecule has 2 aromatic rings. The molecule has 1 aromatic heterocycles. The molecule has 1 aromatic carbocycles. The van der Waals surface area contributed by atoms with E-state index in [0.29, 0.717) is 17.1 Å². The first-order valence-corrected chi connectivity index (χ1v) is 8.48. The van der Waals surface area contributed by atoms with Crippen LogP contribution in [-0.4, -0.2) is 23.3 Å². The number of ether oxygens (including phenoxy) is 1. The van der Waals surface area contributed by atoms with Crippen LogP contribution in [0.3, 0.4) is 0 Å². The second kappa shape index (κ2) is 7.19. The summed E-state index contributed by atoms with van der Waals surface area (Å²) in [5.41, 5.74) is 12.0. The predicted molar refractivity (Wildman–Crippen MR) is 86.0 cm³/mol. The normalized spacial score (nSPS) is 13.8. The molecule has 0 aliphatic carbocycles. The Morgan fingerprint density at radius 1 is 1.17 bits per heavy atom. The van der Waals surface area contributed by atoms with Gasteiger partial charge in [0.2, 0.25) is 0 Å². The molecule has 0 saturated carbocycles. The second-order valence-corrected chi connectivity index (χ2v) is 6.37. The molecule has 9 nitrogen and oxygen atoms in total. The van der Waals surface area contributed by atoms with E-state index in [1.54, 1.807) is 36.4 Å². The Bertz CT molecular complexity index is 762. The monoisotopic (exact) mass is 337 g/mol. The van der Waals surface area contributed by atoms with Crippen LogP contribution in [0, 0.1) is 0 Å². The van der Waals surface area contributed by atoms with Gasteiger partial charge in [0.1, 0.15) is 22.9 Å². The fourth-order valence-electron chi connectivity index (χ4n) is 1.53. The van der Waals surface area contributed by atoms with Gasteiger partial charge in [-0.1, -0.05) is 12.1 Å². The van der Waals surface area contributed by atoms with Gasteiger partial charge >= 0.3 is 7.60 Å². The van der Waals surface area contributed by atoms with Gasteiger partial charge in [-0.05, 0) is 24.3 Å². The third kappa shape index (κ3) is 5.33. The van der Waals surface area contributed by atoms with Crippen LogP contribution in [0.4, 0.5) is 23.0 Å². The molecule has 10 heteroatoms. The van der Waals surface area contributed by atoms with Gasteiger partial charge in [-0.15, -0.1) is 10.2 Å². The highest BCUT2D eigenvalue weighted by Crippen LogP contribution is 2.37. The number of aromatic nitrogens is 1. The molecular formula is C13H16N5O4P. The van der Waals surface area contributed by atoms with E-state index in [1.165, 1.54) is 0 Å². The summed E-state index contributed by atoms with van der Waals surface area (Å²) in [5, 5.41) is 8.03. The predicted octanol–water partition coefficient (Wildman–Crippen LogP) is 2.83. The molecule has 0 fully saturated rings. The van der Waals surface area contributed by atoms with Gasteiger partial charge in [-0.3, -0.25) is 9.09 Å². The van der Waals surface area contributed by atoms with Gasteiger partial charge in [0.25, 0.3) is 0 Å². The quantitative estimate of drug-likeness (QED) is 0.417. The minimum atomic E-state index is -3.61. The molecule has 23 heavy (non-hydrogen) atoms. The maximum absolute atomic E-state index is 11.0. The van der Waals surface area contributed by atoms with Crippen LogP contribution in [0.1, 0.15) is 0 Å². The molecule has 0 saturated heterocycles. The highest BCUT2D eigenvalue weighted by Gasteiger charge is 2.11. The Balaban J connectivity index is 2.13. The van der Waals surface area contributed by atoms with E-state index in [4.69, 9.17) is 21.1 Å². The zero-order chi connectivity index (χ0) is 16.9. The molecule has 1 atom stereocenters. The number of nitrogens with zero attached hydrogens (tertiary/aromatic N) is 3. The lowest BCUT2D eigenvalue weighted by atomic mass is 10.3. The van der Waals surface area contributed by atoms with E-state index in [2.05, 4.69) is 19.7 Å². The molecule has 0 radical (unpaired) electrons. The van der Waals surface area contributed by atoms with Crippen molar-refractivity contribution in [2.45, 2.75) is 0 Å². The third-order valence-corrected chi connectivity index (χ3v) is 3.15. The average Bonchev–Trinajstić information content (AvgIpc) is 2.46. The summed E-state index contributed by atoms with van der Waals surface area (Å²) in [6.07, 6.45) is 0. The fraction of sp³-hybridized carbons (Fsp3) is 0.154. The Kier molecular flexibility index (Phi) is 5.28. The van der Waals surface area contributed by atoms with E-state index in [1.807, 2.05) is 0 Å². The minimum Gasteiger partial charge on any atom is -0.465 e. The zero-order valence-electron chi connectivity index (χ0n) is 12.3. The number of rotatable bonds is 6. The number of hydrogen-bond donors (Lipinski definition) is 3. The first kappa shape index (κ1) is 16.9. The SMILES string of the molecule is CP(=O)(O)OCOc1ccccc1/N=N/c1ccc(N)nc1N. The van der Waals surface area contributed by atoms with E-state index >= 15 is 0 Å². The molecule has 122 valence electrons. The maximum atomic E-state index is 11.0. The van der Waals surface area contributed by atoms with Crippen molar-refractivity contribution >= 4 is 30.6 Å². The Labute approximate surface area is 132 Å². The van der Waals surface area contributed by atoms with E-state index < -0.39 is 7.60 Å². The summed E-state index contributed by atoms with van der Waals surface area (Å²) in [6, 6.07) is 9.89. The second-order valence-electron chi connectivity index (χ2n) is 4.50. The van der Waals surface area contributed by atoms with Crippen LogP contribution in [0.15, 0.2) is 46.6 Å². The molecule has 0 spiro atoms. The molecular weight excluding hydrogens is 321 g/mol. The van der Waals surface area contributed by atoms with E-state index in [-0.39, 0.29) is 18.4 Å². The highest BCUT2D eigenvalue weighted by molar-refractivity contribution is 7.51. The van der Waals surface area contributed by atoms with E-state index in [9.17, 15) is 4.57 Å². The first-order valence-electron chi connectivity index (χ1n) is 6.45. The Hall–Kier alpha value is -2.48. The van der Waals surface area contributed by atoms with Crippen molar-refractivity contribution in [1.82, 2.24) is 4.98 Å². The van der Waals surface area contributed by atoms with Crippen molar-refractivity contribution in [3.63, 3.8) is 0 Å². The summed E-state index contributed by atoms with van der Waals surface area (Å²) >= 11 is 0. The van der Waals surface area contributed by atoms with Crippen LogP contribution >= 0.6 is 7.60 Å². The van der Waals surface area contributed by atoms with Gasteiger partial charge in [0.05, 0.1) is 0 Å². The van der Waals surface area contributed by atoms with Crippen molar-refractivity contribution in [1.29, 1.82) is 0 Å². The summed E-state index contributed by atoms with van der Waals surface area (Å²) in [5.74, 6) is 0.782. The van der Waals surface area contributed by atoms with Crippen LogP contribution in [-0.2, 0) is 9.09 Å². The molecule has 5 N–H and O–H groups in total. The molecule has 0 aliphatic heterocycles. The molecule has 0 aliphatic rings. The number of hydrogen-bond acceptors (Lipinski definition) is 8. The molecule has 0 amide bonds. The number of nitrogens with two attached hydrogens (primary N) is 2. The molecule has 0 bridgehead atoms. The smallest absolute Gasteiger partial charge is 0.327 e. The number of pyridine rings is 1. The van der Waals surface area contributed by atoms with Crippen molar-refractivity contribution in [2.24, 2.45) is 10.2 Å². The highest BCUT2D eigenvalue weighted by atomic mass is 31.2. The van der Waals surface area contributed by atoms with Crippen molar-refractivity contribution in [2.75, 3.05) is 24.9 Å². The minimum absolute atomic E-state index is 0.155. The Morgan fingerprint density at radius 2 is 1.87 bits per heavy atom. The first-order chi connectivity index (χ1) is 10.8. The standard InChI is InChI=1S/C13H16N5O4P/c1-23(19,20)22-8-21-11-5-3-2-4-9(11)17-18-10-6-7-12(14)16-13(10)15/h2-7H,8H2,1H3,(H,19,20)(H4,14,15,16)/b18-17+. The lowest BCUT2D eigenvalue weighted by molar-refractivity contribution is 0.108. The number of anilines is 2. The van der Waals surface area contributed by atoms with Crippen LogP contribution in [0.25, 0.3) is 0 Å². The van der Waals surface area contributed by atoms with Gasteiger partial charge in [-0.2, -0.15) is 0 Å². The molecule has 2 rings (SSSR count). The summed E-state index contributed by atoms with van der Waals surface area (Å²) in [6.45, 7) is 0.682. The van der Waals surface area contributed by atoms with Crippen molar-refractivity contribution < 1.29 is 18.7 Å². The van der Waals surface area contributed by atoms with Crippen LogP contribution in [0.5, 0.6) is 5.75 Å². The Morgan fingerprint density at radius 3 is 2.57 bits per heavy atom. The van der Waals surface area contributed by atoms with Gasteiger partial charge < -0.3 is 21.1 Å². The van der Waals surface area contributed by atoms with Crippen LogP contribution < -0.4 is 16.2 Å². The van der Waals surface area contributed by atoms with Gasteiger partial charge in [0.15, 0.2) is 12.6 Å². The van der Waals surface area contributed by atoms with Crippen molar-refractivity contribution in [3.05, 3.63) is 36.4 Å². The maximum Gasteiger partial charge on any atom is 0.327 e. The van der Waals surface area contributed by atoms with Crippen LogP contribution in [0.2, 0.25) is 0 Å². The topological polar surface area (TPSA) is 145 Å². The van der Waals surface area contributed by atoms with Gasteiger partial charge in [0, 0.05) is 6.66 Å². The van der Waals surface area contributed by atoms with Gasteiger partial charge in [-0.25, -0.2) is 4.98 Å². The fourth-order valence-corrected chi connectivity index (χ4v) is 1.77. The zero-order valence-corrected chi connectivity index (χ0v) is 13.2. The summed E-state index contributed by atoms with van der Waals surface area (Å²) in [4.78, 5) is 12.9. The third-order valence-electron chi connectivity index (χ3n) is 2.56. The molecule has 1 heterocycles. The summed E-state index contributed by atoms with van der Waals surface area (Å²) < 4.78 is 21.0.